The van der Waals surface area contributed by atoms with Crippen LogP contribution >= 0.6 is 15.9 Å². The summed E-state index contributed by atoms with van der Waals surface area (Å²) in [4.78, 5) is 13.9. The zero-order valence-electron chi connectivity index (χ0n) is 8.81. The molecule has 0 radical (unpaired) electrons. The van der Waals surface area contributed by atoms with E-state index < -0.39 is 10.5 Å². The van der Waals surface area contributed by atoms with Gasteiger partial charge in [0.25, 0.3) is 5.69 Å². The van der Waals surface area contributed by atoms with E-state index in [0.29, 0.717) is 29.9 Å². The van der Waals surface area contributed by atoms with Gasteiger partial charge < -0.3 is 15.7 Å². The fourth-order valence-corrected chi connectivity index (χ4v) is 1.92. The van der Waals surface area contributed by atoms with Crippen molar-refractivity contribution < 1.29 is 10.0 Å². The van der Waals surface area contributed by atoms with Crippen LogP contribution in [0.3, 0.4) is 0 Å². The van der Waals surface area contributed by atoms with Gasteiger partial charge in [-0.15, -0.1) is 0 Å². The molecule has 17 heavy (non-hydrogen) atoms. The van der Waals surface area contributed by atoms with Gasteiger partial charge in [0.05, 0.1) is 9.40 Å². The zero-order chi connectivity index (χ0) is 12.5. The van der Waals surface area contributed by atoms with Crippen molar-refractivity contribution in [3.05, 3.63) is 26.9 Å². The number of aliphatic hydroxyl groups is 1. The van der Waals surface area contributed by atoms with Crippen LogP contribution in [-0.2, 0) is 0 Å². The van der Waals surface area contributed by atoms with Gasteiger partial charge in [0.15, 0.2) is 0 Å². The van der Waals surface area contributed by atoms with Gasteiger partial charge in [0.1, 0.15) is 17.6 Å². The van der Waals surface area contributed by atoms with Crippen LogP contribution in [0.1, 0.15) is 0 Å². The molecule has 0 atom stereocenters. The van der Waals surface area contributed by atoms with E-state index in [4.69, 9.17) is 0 Å². The summed E-state index contributed by atoms with van der Waals surface area (Å²) in [6, 6.07) is 1.37. The van der Waals surface area contributed by atoms with Crippen LogP contribution in [0.15, 0.2) is 16.7 Å². The number of nitrogens with zero attached hydrogens (tertiary/aromatic N) is 2. The highest BCUT2D eigenvalue weighted by molar-refractivity contribution is 9.10. The number of anilines is 1. The fraction of sp³-hybridized carbons (Fsp3) is 0.444. The van der Waals surface area contributed by atoms with Crippen molar-refractivity contribution >= 4 is 27.4 Å². The molecule has 0 aromatic carbocycles. The molecule has 1 aliphatic rings. The second-order valence-corrected chi connectivity index (χ2v) is 4.82. The number of hydrogen-bond donors (Lipinski definition) is 3. The topological polar surface area (TPSA) is 100 Å². The quantitative estimate of drug-likeness (QED) is 0.553. The Kier molecular flexibility index (Phi) is 3.27. The number of β-amino-alcohol motifs (C(OH)–C–C–N with tert-alkyl or cyclic N) is 1. The molecule has 0 amide bonds. The van der Waals surface area contributed by atoms with Crippen molar-refractivity contribution in [1.82, 2.24) is 10.3 Å². The van der Waals surface area contributed by atoms with Gasteiger partial charge in [-0.25, -0.2) is 4.98 Å². The Bertz CT molecular complexity index is 450. The van der Waals surface area contributed by atoms with Crippen LogP contribution in [0.4, 0.5) is 11.5 Å². The normalized spacial score (nSPS) is 17.3. The zero-order valence-corrected chi connectivity index (χ0v) is 10.4. The molecule has 1 saturated heterocycles. The van der Waals surface area contributed by atoms with Gasteiger partial charge in [-0.3, -0.25) is 10.1 Å². The molecule has 3 N–H and O–H groups in total. The Morgan fingerprint density at radius 1 is 1.71 bits per heavy atom. The number of halogens is 1. The molecule has 0 spiro atoms. The number of nitro groups is 1. The predicted octanol–water partition coefficient (Wildman–Crippen LogP) is 0.498. The lowest BCUT2D eigenvalue weighted by Gasteiger charge is -2.37. The number of pyridine rings is 1. The second-order valence-electron chi connectivity index (χ2n) is 3.96. The van der Waals surface area contributed by atoms with Gasteiger partial charge >= 0.3 is 0 Å². The highest BCUT2D eigenvalue weighted by atomic mass is 79.9. The van der Waals surface area contributed by atoms with Crippen molar-refractivity contribution in [2.75, 3.05) is 25.0 Å². The molecule has 1 aliphatic heterocycles. The summed E-state index contributed by atoms with van der Waals surface area (Å²) >= 11 is 3.20. The third-order valence-electron chi connectivity index (χ3n) is 2.53. The van der Waals surface area contributed by atoms with Crippen molar-refractivity contribution in [2.45, 2.75) is 5.60 Å². The van der Waals surface area contributed by atoms with Gasteiger partial charge in [-0.05, 0) is 15.9 Å². The van der Waals surface area contributed by atoms with Gasteiger partial charge in [0, 0.05) is 25.7 Å². The third kappa shape index (κ3) is 2.71. The molecule has 2 rings (SSSR count). The van der Waals surface area contributed by atoms with E-state index in [1.165, 1.54) is 12.3 Å². The van der Waals surface area contributed by atoms with Crippen molar-refractivity contribution in [3.8, 4) is 0 Å². The summed E-state index contributed by atoms with van der Waals surface area (Å²) < 4.78 is 0.502. The van der Waals surface area contributed by atoms with Gasteiger partial charge in [-0.2, -0.15) is 0 Å². The monoisotopic (exact) mass is 302 g/mol. The maximum Gasteiger partial charge on any atom is 0.288 e. The number of nitrogens with one attached hydrogen (secondary N) is 2. The molecule has 1 fully saturated rings. The third-order valence-corrected chi connectivity index (χ3v) is 3.14. The Labute approximate surface area is 106 Å². The first-order valence-corrected chi connectivity index (χ1v) is 5.76. The molecule has 2 heterocycles. The minimum Gasteiger partial charge on any atom is -0.385 e. The SMILES string of the molecule is O=[N+]([O-])c1cnc(NCC2(O)CNC2)c(Br)c1. The standard InChI is InChI=1S/C9H11BrN4O3/c10-7-1-6(14(16)17)2-12-8(7)13-5-9(15)3-11-4-9/h1-2,11,15H,3-5H2,(H,12,13). The van der Waals surface area contributed by atoms with E-state index in [1.807, 2.05) is 0 Å². The lowest BCUT2D eigenvalue weighted by atomic mass is 9.97. The second kappa shape index (κ2) is 4.55. The van der Waals surface area contributed by atoms with Crippen LogP contribution in [0.25, 0.3) is 0 Å². The molecule has 92 valence electrons. The summed E-state index contributed by atoms with van der Waals surface area (Å²) in [5.74, 6) is 0.482. The van der Waals surface area contributed by atoms with E-state index >= 15 is 0 Å². The molecule has 0 bridgehead atoms. The van der Waals surface area contributed by atoms with E-state index in [1.54, 1.807) is 0 Å². The molecular weight excluding hydrogens is 292 g/mol. The highest BCUT2D eigenvalue weighted by Crippen LogP contribution is 2.25. The molecular formula is C9H11BrN4O3. The molecule has 1 aromatic heterocycles. The lowest BCUT2D eigenvalue weighted by Crippen LogP contribution is -2.63. The summed E-state index contributed by atoms with van der Waals surface area (Å²) in [6.07, 6.45) is 1.18. The lowest BCUT2D eigenvalue weighted by molar-refractivity contribution is -0.385. The van der Waals surface area contributed by atoms with E-state index in [9.17, 15) is 15.2 Å². The number of hydrogen-bond acceptors (Lipinski definition) is 6. The molecule has 7 nitrogen and oxygen atoms in total. The largest absolute Gasteiger partial charge is 0.385 e. The van der Waals surface area contributed by atoms with Crippen molar-refractivity contribution in [1.29, 1.82) is 0 Å². The summed E-state index contributed by atoms with van der Waals surface area (Å²) in [5, 5.41) is 26.3. The smallest absolute Gasteiger partial charge is 0.288 e. The first-order valence-electron chi connectivity index (χ1n) is 4.97. The van der Waals surface area contributed by atoms with E-state index in [0.717, 1.165) is 0 Å². The molecule has 0 saturated carbocycles. The number of aromatic nitrogens is 1. The highest BCUT2D eigenvalue weighted by Gasteiger charge is 2.34. The fourth-order valence-electron chi connectivity index (χ4n) is 1.44. The van der Waals surface area contributed by atoms with Gasteiger partial charge in [0.2, 0.25) is 0 Å². The Hall–Kier alpha value is -1.25. The molecule has 8 heteroatoms. The summed E-state index contributed by atoms with van der Waals surface area (Å²) in [5.41, 5.74) is -0.838. The first kappa shape index (κ1) is 12.2. The van der Waals surface area contributed by atoms with Crippen molar-refractivity contribution in [2.24, 2.45) is 0 Å². The minimum absolute atomic E-state index is 0.0774. The van der Waals surface area contributed by atoms with Gasteiger partial charge in [-0.1, -0.05) is 0 Å². The Morgan fingerprint density at radius 3 is 2.88 bits per heavy atom. The summed E-state index contributed by atoms with van der Waals surface area (Å²) in [7, 11) is 0. The molecule has 0 aliphatic carbocycles. The molecule has 0 unspecified atom stereocenters. The van der Waals surface area contributed by atoms with E-state index in [-0.39, 0.29) is 5.69 Å². The van der Waals surface area contributed by atoms with Crippen LogP contribution < -0.4 is 10.6 Å². The molecule has 1 aromatic rings. The maximum atomic E-state index is 10.5. The maximum absolute atomic E-state index is 10.5. The van der Waals surface area contributed by atoms with Crippen LogP contribution in [0.2, 0.25) is 0 Å². The van der Waals surface area contributed by atoms with Crippen molar-refractivity contribution in [3.63, 3.8) is 0 Å². The summed E-state index contributed by atoms with van der Waals surface area (Å²) in [6.45, 7) is 1.42. The number of rotatable bonds is 4. The minimum atomic E-state index is -0.761. The average molecular weight is 303 g/mol. The first-order chi connectivity index (χ1) is 8.00. The van der Waals surface area contributed by atoms with E-state index in [2.05, 4.69) is 31.5 Å². The Balaban J connectivity index is 2.03. The van der Waals surface area contributed by atoms with Crippen LogP contribution in [0.5, 0.6) is 0 Å². The Morgan fingerprint density at radius 2 is 2.41 bits per heavy atom. The predicted molar refractivity (Wildman–Crippen MR) is 64.9 cm³/mol. The van der Waals surface area contributed by atoms with Crippen LogP contribution in [0, 0.1) is 10.1 Å². The average Bonchev–Trinajstić information content (AvgIpc) is 2.24. The van der Waals surface area contributed by atoms with Crippen LogP contribution in [-0.4, -0.2) is 40.2 Å².